The van der Waals surface area contributed by atoms with Crippen molar-refractivity contribution in [3.8, 4) is 11.5 Å². The van der Waals surface area contributed by atoms with Crippen LogP contribution in [0.1, 0.15) is 5.56 Å². The van der Waals surface area contributed by atoms with Crippen molar-refractivity contribution in [2.24, 2.45) is 0 Å². The molecule has 0 saturated carbocycles. The second kappa shape index (κ2) is 7.77. The monoisotopic (exact) mass is 414 g/mol. The van der Waals surface area contributed by atoms with E-state index in [0.717, 1.165) is 4.90 Å². The maximum absolute atomic E-state index is 13.3. The van der Waals surface area contributed by atoms with E-state index in [-0.39, 0.29) is 24.4 Å². The van der Waals surface area contributed by atoms with Crippen molar-refractivity contribution in [1.29, 1.82) is 0 Å². The molecule has 4 rings (SSSR count). The summed E-state index contributed by atoms with van der Waals surface area (Å²) >= 11 is 5.98. The van der Waals surface area contributed by atoms with Crippen LogP contribution in [0.2, 0.25) is 5.02 Å². The number of imide groups is 1. The first-order valence-electron chi connectivity index (χ1n) is 9.12. The van der Waals surface area contributed by atoms with Gasteiger partial charge in [-0.15, -0.1) is 0 Å². The summed E-state index contributed by atoms with van der Waals surface area (Å²) in [6.45, 7) is 0.906. The van der Waals surface area contributed by atoms with Crippen LogP contribution in [0.15, 0.2) is 48.2 Å². The van der Waals surface area contributed by atoms with Crippen LogP contribution in [-0.2, 0) is 9.59 Å². The van der Waals surface area contributed by atoms with Crippen molar-refractivity contribution in [1.82, 2.24) is 4.90 Å². The summed E-state index contributed by atoms with van der Waals surface area (Å²) < 4.78 is 11.1. The van der Waals surface area contributed by atoms with E-state index < -0.39 is 11.8 Å². The molecular weight excluding hydrogens is 396 g/mol. The fourth-order valence-electron chi connectivity index (χ4n) is 3.42. The highest BCUT2D eigenvalue weighted by Gasteiger charge is 2.42. The number of halogens is 1. The lowest BCUT2D eigenvalue weighted by molar-refractivity contribution is -0.120. The van der Waals surface area contributed by atoms with Gasteiger partial charge in [-0.2, -0.15) is 0 Å². The van der Waals surface area contributed by atoms with Crippen LogP contribution >= 0.6 is 11.6 Å². The number of ether oxygens (including phenoxy) is 2. The van der Waals surface area contributed by atoms with Crippen LogP contribution in [0, 0.1) is 0 Å². The highest BCUT2D eigenvalue weighted by molar-refractivity contribution is 6.45. The molecule has 0 saturated heterocycles. The number of fused-ring (bicyclic) bond motifs is 1. The number of rotatable bonds is 5. The first-order valence-corrected chi connectivity index (χ1v) is 9.49. The van der Waals surface area contributed by atoms with E-state index in [1.54, 1.807) is 54.4 Å². The summed E-state index contributed by atoms with van der Waals surface area (Å²) in [4.78, 5) is 29.3. The van der Waals surface area contributed by atoms with Gasteiger partial charge in [0.1, 0.15) is 18.9 Å². The van der Waals surface area contributed by atoms with E-state index in [4.69, 9.17) is 21.1 Å². The lowest BCUT2D eigenvalue weighted by Crippen LogP contribution is -2.35. The number of carbonyl (C=O) groups excluding carboxylic acids is 2. The van der Waals surface area contributed by atoms with Crippen LogP contribution < -0.4 is 14.4 Å². The van der Waals surface area contributed by atoms with E-state index >= 15 is 0 Å². The summed E-state index contributed by atoms with van der Waals surface area (Å²) in [5, 5.41) is 9.86. The number of hydrogen-bond donors (Lipinski definition) is 1. The van der Waals surface area contributed by atoms with Gasteiger partial charge < -0.3 is 19.5 Å². The molecular formula is C21H19ClN2O5. The van der Waals surface area contributed by atoms with Gasteiger partial charge in [0.2, 0.25) is 0 Å². The maximum Gasteiger partial charge on any atom is 0.282 e. The zero-order chi connectivity index (χ0) is 20.5. The second-order valence-corrected chi connectivity index (χ2v) is 7.09. The summed E-state index contributed by atoms with van der Waals surface area (Å²) in [5.41, 5.74) is 1.45. The Hall–Kier alpha value is -3.03. The number of aliphatic hydroxyl groups is 1. The van der Waals surface area contributed by atoms with E-state index in [1.165, 1.54) is 0 Å². The molecule has 2 aromatic carbocycles. The molecule has 2 aliphatic rings. The van der Waals surface area contributed by atoms with Gasteiger partial charge >= 0.3 is 0 Å². The van der Waals surface area contributed by atoms with E-state index in [9.17, 15) is 14.7 Å². The van der Waals surface area contributed by atoms with E-state index in [0.29, 0.717) is 41.0 Å². The standard InChI is InChI=1S/C21H19ClN2O5/c1-23(8-9-25)19-18(13-2-4-14(22)5-3-13)20(26)24(21(19)27)15-6-7-16-17(12-15)29-11-10-28-16/h2-7,12,25H,8-11H2,1H3. The quantitative estimate of drug-likeness (QED) is 0.756. The highest BCUT2D eigenvalue weighted by Crippen LogP contribution is 2.39. The molecule has 0 atom stereocenters. The maximum atomic E-state index is 13.3. The number of hydrogen-bond acceptors (Lipinski definition) is 6. The Kier molecular flexibility index (Phi) is 5.17. The third-order valence-electron chi connectivity index (χ3n) is 4.79. The molecule has 0 bridgehead atoms. The Morgan fingerprint density at radius 3 is 2.41 bits per heavy atom. The smallest absolute Gasteiger partial charge is 0.282 e. The van der Waals surface area contributed by atoms with Gasteiger partial charge in [-0.25, -0.2) is 4.90 Å². The Labute approximate surface area is 172 Å². The topological polar surface area (TPSA) is 79.3 Å². The van der Waals surface area contributed by atoms with Crippen LogP contribution in [0.4, 0.5) is 5.69 Å². The Morgan fingerprint density at radius 1 is 1.03 bits per heavy atom. The third kappa shape index (κ3) is 3.43. The molecule has 2 aromatic rings. The lowest BCUT2D eigenvalue weighted by Gasteiger charge is -2.22. The average Bonchev–Trinajstić information content (AvgIpc) is 2.98. The normalized spacial score (nSPS) is 15.9. The zero-order valence-electron chi connectivity index (χ0n) is 15.7. The molecule has 2 heterocycles. The predicted octanol–water partition coefficient (Wildman–Crippen LogP) is 2.32. The number of aliphatic hydroxyl groups excluding tert-OH is 1. The highest BCUT2D eigenvalue weighted by atomic mass is 35.5. The molecule has 1 N–H and O–H groups in total. The Bertz CT molecular complexity index is 1000. The molecule has 0 aliphatic carbocycles. The molecule has 0 radical (unpaired) electrons. The number of carbonyl (C=O) groups is 2. The van der Waals surface area contributed by atoms with Gasteiger partial charge in [-0.3, -0.25) is 9.59 Å². The molecule has 2 aliphatic heterocycles. The van der Waals surface area contributed by atoms with Crippen molar-refractivity contribution in [2.75, 3.05) is 38.3 Å². The summed E-state index contributed by atoms with van der Waals surface area (Å²) in [6.07, 6.45) is 0. The largest absolute Gasteiger partial charge is 0.486 e. The summed E-state index contributed by atoms with van der Waals surface area (Å²) in [6, 6.07) is 11.7. The molecule has 0 fully saturated rings. The summed E-state index contributed by atoms with van der Waals surface area (Å²) in [5.74, 6) is 0.142. The number of amides is 2. The minimum Gasteiger partial charge on any atom is -0.486 e. The van der Waals surface area contributed by atoms with Crippen LogP contribution in [0.25, 0.3) is 5.57 Å². The number of likely N-dealkylation sites (N-methyl/N-ethyl adjacent to an activating group) is 1. The number of nitrogens with zero attached hydrogens (tertiary/aromatic N) is 2. The van der Waals surface area contributed by atoms with Gasteiger partial charge in [0.05, 0.1) is 17.9 Å². The van der Waals surface area contributed by atoms with Crippen molar-refractivity contribution in [3.05, 3.63) is 58.7 Å². The van der Waals surface area contributed by atoms with Crippen LogP contribution in [0.3, 0.4) is 0 Å². The van der Waals surface area contributed by atoms with Gasteiger partial charge in [-0.05, 0) is 29.8 Å². The van der Waals surface area contributed by atoms with Gasteiger partial charge in [-0.1, -0.05) is 23.7 Å². The SMILES string of the molecule is CN(CCO)C1=C(c2ccc(Cl)cc2)C(=O)N(c2ccc3c(c2)OCCO3)C1=O. The molecule has 29 heavy (non-hydrogen) atoms. The van der Waals surface area contributed by atoms with Gasteiger partial charge in [0.25, 0.3) is 11.8 Å². The van der Waals surface area contributed by atoms with Crippen molar-refractivity contribution >= 4 is 34.7 Å². The van der Waals surface area contributed by atoms with Gasteiger partial charge in [0.15, 0.2) is 11.5 Å². The van der Waals surface area contributed by atoms with Crippen LogP contribution in [-0.4, -0.2) is 55.2 Å². The fourth-order valence-corrected chi connectivity index (χ4v) is 3.54. The van der Waals surface area contributed by atoms with Gasteiger partial charge in [0, 0.05) is 24.7 Å². The predicted molar refractivity (Wildman–Crippen MR) is 108 cm³/mol. The molecule has 0 spiro atoms. The van der Waals surface area contributed by atoms with Crippen molar-refractivity contribution in [2.45, 2.75) is 0 Å². The third-order valence-corrected chi connectivity index (χ3v) is 5.05. The lowest BCUT2D eigenvalue weighted by atomic mass is 10.0. The molecule has 150 valence electrons. The van der Waals surface area contributed by atoms with E-state index in [1.807, 2.05) is 0 Å². The fraction of sp³-hybridized carbons (Fsp3) is 0.238. The first-order chi connectivity index (χ1) is 14.0. The minimum atomic E-state index is -0.465. The molecule has 0 aromatic heterocycles. The summed E-state index contributed by atoms with van der Waals surface area (Å²) in [7, 11) is 1.67. The molecule has 2 amide bonds. The van der Waals surface area contributed by atoms with Crippen LogP contribution in [0.5, 0.6) is 11.5 Å². The van der Waals surface area contributed by atoms with Crippen molar-refractivity contribution in [3.63, 3.8) is 0 Å². The van der Waals surface area contributed by atoms with Crippen molar-refractivity contribution < 1.29 is 24.2 Å². The van der Waals surface area contributed by atoms with E-state index in [2.05, 4.69) is 0 Å². The number of benzene rings is 2. The zero-order valence-corrected chi connectivity index (χ0v) is 16.5. The molecule has 8 heteroatoms. The average molecular weight is 415 g/mol. The minimum absolute atomic E-state index is 0.153. The Balaban J connectivity index is 1.78. The number of anilines is 1. The molecule has 7 nitrogen and oxygen atoms in total. The second-order valence-electron chi connectivity index (χ2n) is 6.65. The Morgan fingerprint density at radius 2 is 1.72 bits per heavy atom. The molecule has 0 unspecified atom stereocenters. The first kappa shape index (κ1) is 19.3.